The highest BCUT2D eigenvalue weighted by molar-refractivity contribution is 5.96. The van der Waals surface area contributed by atoms with E-state index in [2.05, 4.69) is 19.2 Å². The molecule has 0 aromatic heterocycles. The first-order valence-electron chi connectivity index (χ1n) is 9.88. The average Bonchev–Trinajstić information content (AvgIpc) is 2.77. The van der Waals surface area contributed by atoms with Crippen LogP contribution in [-0.4, -0.2) is 39.3 Å². The van der Waals surface area contributed by atoms with Crippen LogP contribution in [0.2, 0.25) is 0 Å². The first-order chi connectivity index (χ1) is 14.8. The lowest BCUT2D eigenvalue weighted by Crippen LogP contribution is -2.29. The normalized spacial score (nSPS) is 11.8. The Labute approximate surface area is 183 Å². The fourth-order valence-electron chi connectivity index (χ4n) is 2.80. The highest BCUT2D eigenvalue weighted by Gasteiger charge is 2.17. The van der Waals surface area contributed by atoms with Gasteiger partial charge >= 0.3 is 5.97 Å². The molecule has 7 heteroatoms. The smallest absolute Gasteiger partial charge is 0.331 e. The van der Waals surface area contributed by atoms with Gasteiger partial charge in [0, 0.05) is 23.4 Å². The molecule has 1 N–H and O–H groups in total. The third kappa shape index (κ3) is 6.50. The van der Waals surface area contributed by atoms with Crippen molar-refractivity contribution in [2.75, 3.05) is 26.6 Å². The zero-order valence-corrected chi connectivity index (χ0v) is 18.7. The predicted molar refractivity (Wildman–Crippen MR) is 120 cm³/mol. The van der Waals surface area contributed by atoms with Gasteiger partial charge in [0.2, 0.25) is 0 Å². The number of nitrogens with one attached hydrogen (secondary N) is 1. The molecule has 2 aromatic rings. The molecule has 7 nitrogen and oxygen atoms in total. The van der Waals surface area contributed by atoms with Gasteiger partial charge < -0.3 is 24.3 Å². The van der Waals surface area contributed by atoms with Gasteiger partial charge in [0.15, 0.2) is 17.6 Å². The van der Waals surface area contributed by atoms with Crippen LogP contribution < -0.4 is 19.5 Å². The predicted octanol–water partition coefficient (Wildman–Crippen LogP) is 4.42. The summed E-state index contributed by atoms with van der Waals surface area (Å²) in [6.07, 6.45) is 1.79. The number of methoxy groups -OCH3 is 3. The summed E-state index contributed by atoms with van der Waals surface area (Å²) in [6, 6.07) is 10.9. The molecular formula is C24H29NO6. The summed E-state index contributed by atoms with van der Waals surface area (Å²) in [5.74, 6) is 0.828. The highest BCUT2D eigenvalue weighted by Crippen LogP contribution is 2.35. The standard InChI is InChI=1S/C24H29NO6/c1-15(2)17-7-10-19(11-8-17)25-24(27)16(3)31-23(26)12-9-18-13-21(29-5)22(30-6)14-20(18)28-4/h7-16H,1-6H3,(H,25,27)/b12-9+/t16-/m1/s1. The van der Waals surface area contributed by atoms with E-state index >= 15 is 0 Å². The highest BCUT2D eigenvalue weighted by atomic mass is 16.5. The second-order valence-electron chi connectivity index (χ2n) is 7.13. The molecule has 166 valence electrons. The quantitative estimate of drug-likeness (QED) is 0.471. The second kappa shape index (κ2) is 11.1. The van der Waals surface area contributed by atoms with Crippen molar-refractivity contribution in [2.24, 2.45) is 0 Å². The van der Waals surface area contributed by atoms with Gasteiger partial charge in [-0.3, -0.25) is 4.79 Å². The summed E-state index contributed by atoms with van der Waals surface area (Å²) >= 11 is 0. The van der Waals surface area contributed by atoms with E-state index in [4.69, 9.17) is 18.9 Å². The van der Waals surface area contributed by atoms with Crippen molar-refractivity contribution >= 4 is 23.6 Å². The van der Waals surface area contributed by atoms with Crippen LogP contribution in [0.1, 0.15) is 37.8 Å². The number of ether oxygens (including phenoxy) is 4. The largest absolute Gasteiger partial charge is 0.496 e. The first kappa shape index (κ1) is 23.8. The molecule has 0 saturated carbocycles. The molecule has 0 aliphatic heterocycles. The zero-order valence-electron chi connectivity index (χ0n) is 18.7. The van der Waals surface area contributed by atoms with Crippen molar-refractivity contribution in [2.45, 2.75) is 32.8 Å². The fourth-order valence-corrected chi connectivity index (χ4v) is 2.80. The SMILES string of the molecule is COc1cc(OC)c(OC)cc1/C=C/C(=O)O[C@H](C)C(=O)Nc1ccc(C(C)C)cc1. The number of hydrogen-bond acceptors (Lipinski definition) is 6. The Morgan fingerprint density at radius 1 is 0.871 bits per heavy atom. The average molecular weight is 427 g/mol. The van der Waals surface area contributed by atoms with Crippen LogP contribution in [0.4, 0.5) is 5.69 Å². The van der Waals surface area contributed by atoms with E-state index in [0.29, 0.717) is 34.4 Å². The van der Waals surface area contributed by atoms with Crippen LogP contribution in [-0.2, 0) is 14.3 Å². The number of benzene rings is 2. The van der Waals surface area contributed by atoms with Crippen LogP contribution in [0.5, 0.6) is 17.2 Å². The minimum absolute atomic E-state index is 0.403. The van der Waals surface area contributed by atoms with E-state index < -0.39 is 18.0 Å². The number of carbonyl (C=O) groups excluding carboxylic acids is 2. The molecule has 0 aliphatic rings. The lowest BCUT2D eigenvalue weighted by Gasteiger charge is -2.14. The van der Waals surface area contributed by atoms with Crippen LogP contribution in [0.25, 0.3) is 6.08 Å². The molecule has 0 bridgehead atoms. The minimum atomic E-state index is -0.964. The van der Waals surface area contributed by atoms with Gasteiger partial charge in [-0.2, -0.15) is 0 Å². The van der Waals surface area contributed by atoms with E-state index in [1.807, 2.05) is 24.3 Å². The summed E-state index contributed by atoms with van der Waals surface area (Å²) in [6.45, 7) is 5.71. The van der Waals surface area contributed by atoms with E-state index in [-0.39, 0.29) is 0 Å². The molecule has 2 rings (SSSR count). The molecule has 2 aromatic carbocycles. The van der Waals surface area contributed by atoms with Gasteiger partial charge in [-0.05, 0) is 42.7 Å². The Kier molecular flexibility index (Phi) is 8.49. The minimum Gasteiger partial charge on any atom is -0.496 e. The van der Waals surface area contributed by atoms with Gasteiger partial charge in [-0.25, -0.2) is 4.79 Å². The van der Waals surface area contributed by atoms with Crippen molar-refractivity contribution in [1.82, 2.24) is 0 Å². The summed E-state index contributed by atoms with van der Waals surface area (Å²) in [5, 5.41) is 2.74. The monoisotopic (exact) mass is 427 g/mol. The lowest BCUT2D eigenvalue weighted by atomic mass is 10.0. The molecule has 1 amide bonds. The second-order valence-corrected chi connectivity index (χ2v) is 7.13. The number of carbonyl (C=O) groups is 2. The van der Waals surface area contributed by atoms with Crippen molar-refractivity contribution in [3.63, 3.8) is 0 Å². The summed E-state index contributed by atoms with van der Waals surface area (Å²) in [4.78, 5) is 24.5. The van der Waals surface area contributed by atoms with Gasteiger partial charge in [-0.15, -0.1) is 0 Å². The maximum Gasteiger partial charge on any atom is 0.331 e. The van der Waals surface area contributed by atoms with Crippen LogP contribution in [0.3, 0.4) is 0 Å². The number of rotatable bonds is 9. The van der Waals surface area contributed by atoms with E-state index in [9.17, 15) is 9.59 Å². The van der Waals surface area contributed by atoms with Crippen molar-refractivity contribution < 1.29 is 28.5 Å². The van der Waals surface area contributed by atoms with Crippen molar-refractivity contribution in [3.8, 4) is 17.2 Å². The summed E-state index contributed by atoms with van der Waals surface area (Å²) < 4.78 is 21.0. The Bertz CT molecular complexity index is 934. The molecule has 0 unspecified atom stereocenters. The zero-order chi connectivity index (χ0) is 23.0. The maximum atomic E-state index is 12.3. The topological polar surface area (TPSA) is 83.1 Å². The summed E-state index contributed by atoms with van der Waals surface area (Å²) in [7, 11) is 4.55. The fraction of sp³-hybridized carbons (Fsp3) is 0.333. The maximum absolute atomic E-state index is 12.3. The molecule has 0 spiro atoms. The van der Waals surface area contributed by atoms with Crippen molar-refractivity contribution in [1.29, 1.82) is 0 Å². The van der Waals surface area contributed by atoms with Crippen LogP contribution in [0, 0.1) is 0 Å². The molecule has 0 radical (unpaired) electrons. The van der Waals surface area contributed by atoms with Gasteiger partial charge in [-0.1, -0.05) is 26.0 Å². The number of amides is 1. The van der Waals surface area contributed by atoms with E-state index in [1.54, 1.807) is 12.1 Å². The Morgan fingerprint density at radius 3 is 2.00 bits per heavy atom. The Balaban J connectivity index is 2.01. The third-order valence-electron chi connectivity index (χ3n) is 4.64. The Morgan fingerprint density at radius 2 is 1.45 bits per heavy atom. The lowest BCUT2D eigenvalue weighted by molar-refractivity contribution is -0.148. The van der Waals surface area contributed by atoms with Crippen LogP contribution >= 0.6 is 0 Å². The number of anilines is 1. The molecule has 0 fully saturated rings. The van der Waals surface area contributed by atoms with Gasteiger partial charge in [0.1, 0.15) is 5.75 Å². The molecule has 31 heavy (non-hydrogen) atoms. The molecule has 0 heterocycles. The van der Waals surface area contributed by atoms with Gasteiger partial charge in [0.05, 0.1) is 21.3 Å². The molecule has 1 atom stereocenters. The third-order valence-corrected chi connectivity index (χ3v) is 4.64. The molecule has 0 aliphatic carbocycles. The summed E-state index contributed by atoms with van der Waals surface area (Å²) in [5.41, 5.74) is 2.41. The van der Waals surface area contributed by atoms with E-state index in [1.165, 1.54) is 46.0 Å². The first-order valence-corrected chi connectivity index (χ1v) is 9.88. The Hall–Kier alpha value is -3.48. The van der Waals surface area contributed by atoms with E-state index in [0.717, 1.165) is 0 Å². The van der Waals surface area contributed by atoms with Crippen LogP contribution in [0.15, 0.2) is 42.5 Å². The molecular weight excluding hydrogens is 398 g/mol. The number of esters is 1. The number of hydrogen-bond donors (Lipinski definition) is 1. The van der Waals surface area contributed by atoms with Gasteiger partial charge in [0.25, 0.3) is 5.91 Å². The van der Waals surface area contributed by atoms with Crippen molar-refractivity contribution in [3.05, 3.63) is 53.6 Å². The molecule has 0 saturated heterocycles.